The van der Waals surface area contributed by atoms with Crippen LogP contribution in [0.1, 0.15) is 11.1 Å². The molecule has 4 heteroatoms. The second-order valence-electron chi connectivity index (χ2n) is 5.25. The van der Waals surface area contributed by atoms with Gasteiger partial charge in [0, 0.05) is 20.2 Å². The molecule has 0 bridgehead atoms. The average Bonchev–Trinajstić information content (AvgIpc) is 2.54. The highest BCUT2D eigenvalue weighted by atomic mass is 16.5. The van der Waals surface area contributed by atoms with E-state index in [9.17, 15) is 4.79 Å². The molecule has 0 aromatic heterocycles. The van der Waals surface area contributed by atoms with Gasteiger partial charge in [0.1, 0.15) is 6.04 Å². The Kier molecular flexibility index (Phi) is 6.13. The fourth-order valence-corrected chi connectivity index (χ4v) is 2.44. The fraction of sp³-hybridized carbons (Fsp3) is 0.278. The smallest absolute Gasteiger partial charge is 0.237 e. The number of nitrogens with zero attached hydrogens (tertiary/aromatic N) is 1. The molecule has 2 aromatic carbocycles. The Morgan fingerprint density at radius 3 is 1.82 bits per heavy atom. The molecule has 1 amide bonds. The number of hydrogen-bond acceptors (Lipinski definition) is 3. The van der Waals surface area contributed by atoms with Crippen molar-refractivity contribution in [3.8, 4) is 0 Å². The van der Waals surface area contributed by atoms with Gasteiger partial charge in [0.2, 0.25) is 5.91 Å². The molecule has 0 unspecified atom stereocenters. The van der Waals surface area contributed by atoms with Crippen LogP contribution in [-0.2, 0) is 22.6 Å². The summed E-state index contributed by atoms with van der Waals surface area (Å²) in [5.41, 5.74) is 7.85. The lowest BCUT2D eigenvalue weighted by Gasteiger charge is -2.29. The van der Waals surface area contributed by atoms with E-state index in [4.69, 9.17) is 10.5 Å². The van der Waals surface area contributed by atoms with Crippen molar-refractivity contribution < 1.29 is 9.53 Å². The Morgan fingerprint density at radius 1 is 1.00 bits per heavy atom. The van der Waals surface area contributed by atoms with Crippen LogP contribution in [0.3, 0.4) is 0 Å². The van der Waals surface area contributed by atoms with Crippen LogP contribution in [0.4, 0.5) is 0 Å². The maximum Gasteiger partial charge on any atom is 0.237 e. The topological polar surface area (TPSA) is 55.6 Å². The molecule has 0 heterocycles. The predicted octanol–water partition coefficient (Wildman–Crippen LogP) is 2.19. The summed E-state index contributed by atoms with van der Waals surface area (Å²) in [6.07, 6.45) is 0. The summed E-state index contributed by atoms with van der Waals surface area (Å²) in [5.74, 6) is -0.367. The molecule has 0 saturated carbocycles. The monoisotopic (exact) mass is 298 g/mol. The molecular weight excluding hydrogens is 276 g/mol. The standard InChI is InChI=1S/C18H22N2O2/c1-22-14-17(18(19)21)20(12-15-8-4-2-5-9-15)13-16-10-6-3-7-11-16/h2-11,17H,12-14H2,1H3,(H2,19,21)/t17-/m1/s1. The van der Waals surface area contributed by atoms with Crippen LogP contribution in [0, 0.1) is 0 Å². The van der Waals surface area contributed by atoms with Gasteiger partial charge >= 0.3 is 0 Å². The molecule has 1 atom stereocenters. The number of methoxy groups -OCH3 is 1. The number of ether oxygens (including phenoxy) is 1. The molecule has 0 fully saturated rings. The van der Waals surface area contributed by atoms with E-state index in [2.05, 4.69) is 4.90 Å². The van der Waals surface area contributed by atoms with E-state index in [1.165, 1.54) is 0 Å². The molecule has 116 valence electrons. The highest BCUT2D eigenvalue weighted by Crippen LogP contribution is 2.14. The molecule has 2 rings (SSSR count). The number of benzene rings is 2. The number of nitrogens with two attached hydrogens (primary N) is 1. The Balaban J connectivity index is 2.20. The summed E-state index contributed by atoms with van der Waals surface area (Å²) in [6, 6.07) is 19.6. The van der Waals surface area contributed by atoms with Crippen LogP contribution >= 0.6 is 0 Å². The minimum Gasteiger partial charge on any atom is -0.383 e. The van der Waals surface area contributed by atoms with Crippen molar-refractivity contribution in [1.82, 2.24) is 4.90 Å². The quantitative estimate of drug-likeness (QED) is 0.813. The van der Waals surface area contributed by atoms with Gasteiger partial charge in [-0.1, -0.05) is 60.7 Å². The summed E-state index contributed by atoms with van der Waals surface area (Å²) in [4.78, 5) is 13.9. The number of carbonyl (C=O) groups is 1. The van der Waals surface area contributed by atoms with Gasteiger partial charge in [-0.2, -0.15) is 0 Å². The van der Waals surface area contributed by atoms with Gasteiger partial charge in [-0.3, -0.25) is 9.69 Å². The molecule has 0 aliphatic rings. The number of carbonyl (C=O) groups excluding carboxylic acids is 1. The van der Waals surface area contributed by atoms with Gasteiger partial charge in [0.15, 0.2) is 0 Å². The molecular formula is C18H22N2O2. The van der Waals surface area contributed by atoms with Crippen molar-refractivity contribution in [2.24, 2.45) is 5.73 Å². The summed E-state index contributed by atoms with van der Waals surface area (Å²) in [5, 5.41) is 0. The summed E-state index contributed by atoms with van der Waals surface area (Å²) >= 11 is 0. The Labute approximate surface area is 131 Å². The van der Waals surface area contributed by atoms with Crippen LogP contribution in [0.15, 0.2) is 60.7 Å². The predicted molar refractivity (Wildman–Crippen MR) is 87.0 cm³/mol. The van der Waals surface area contributed by atoms with E-state index in [1.54, 1.807) is 7.11 Å². The van der Waals surface area contributed by atoms with Gasteiger partial charge in [-0.05, 0) is 11.1 Å². The number of primary amides is 1. The zero-order valence-corrected chi connectivity index (χ0v) is 12.8. The normalized spacial score (nSPS) is 12.3. The lowest BCUT2D eigenvalue weighted by atomic mass is 10.1. The average molecular weight is 298 g/mol. The van der Waals surface area contributed by atoms with Crippen molar-refractivity contribution >= 4 is 5.91 Å². The molecule has 0 spiro atoms. The second kappa shape index (κ2) is 8.32. The summed E-state index contributed by atoms with van der Waals surface area (Å²) < 4.78 is 5.18. The summed E-state index contributed by atoms with van der Waals surface area (Å²) in [6.45, 7) is 1.58. The lowest BCUT2D eigenvalue weighted by Crippen LogP contribution is -2.46. The molecule has 0 aliphatic heterocycles. The molecule has 4 nitrogen and oxygen atoms in total. The van der Waals surface area contributed by atoms with Crippen molar-refractivity contribution in [3.63, 3.8) is 0 Å². The van der Waals surface area contributed by atoms with Crippen molar-refractivity contribution in [2.75, 3.05) is 13.7 Å². The van der Waals surface area contributed by atoms with Gasteiger partial charge in [-0.25, -0.2) is 0 Å². The molecule has 0 radical (unpaired) electrons. The van der Waals surface area contributed by atoms with Crippen LogP contribution in [0.25, 0.3) is 0 Å². The number of rotatable bonds is 8. The maximum atomic E-state index is 11.8. The fourth-order valence-electron chi connectivity index (χ4n) is 2.44. The number of amides is 1. The Bertz CT molecular complexity index is 531. The third-order valence-electron chi connectivity index (χ3n) is 3.55. The van der Waals surface area contributed by atoms with Crippen molar-refractivity contribution in [2.45, 2.75) is 19.1 Å². The third kappa shape index (κ3) is 4.69. The van der Waals surface area contributed by atoms with E-state index in [0.29, 0.717) is 13.1 Å². The first-order chi connectivity index (χ1) is 10.7. The van der Waals surface area contributed by atoms with E-state index in [1.807, 2.05) is 60.7 Å². The Morgan fingerprint density at radius 2 is 1.45 bits per heavy atom. The zero-order chi connectivity index (χ0) is 15.8. The SMILES string of the molecule is COC[C@H](C(N)=O)N(Cc1ccccc1)Cc1ccccc1. The third-order valence-corrected chi connectivity index (χ3v) is 3.55. The molecule has 2 N–H and O–H groups in total. The first-order valence-corrected chi connectivity index (χ1v) is 7.31. The van der Waals surface area contributed by atoms with Gasteiger partial charge in [-0.15, -0.1) is 0 Å². The van der Waals surface area contributed by atoms with Crippen LogP contribution < -0.4 is 5.73 Å². The van der Waals surface area contributed by atoms with E-state index in [-0.39, 0.29) is 12.5 Å². The zero-order valence-electron chi connectivity index (χ0n) is 12.8. The molecule has 0 saturated heterocycles. The number of hydrogen-bond donors (Lipinski definition) is 1. The molecule has 22 heavy (non-hydrogen) atoms. The molecule has 2 aromatic rings. The van der Waals surface area contributed by atoms with E-state index >= 15 is 0 Å². The highest BCUT2D eigenvalue weighted by molar-refractivity contribution is 5.80. The largest absolute Gasteiger partial charge is 0.383 e. The minimum absolute atomic E-state index is 0.287. The van der Waals surface area contributed by atoms with Gasteiger partial charge in [0.05, 0.1) is 6.61 Å². The van der Waals surface area contributed by atoms with Crippen molar-refractivity contribution in [1.29, 1.82) is 0 Å². The first kappa shape index (κ1) is 16.2. The van der Waals surface area contributed by atoms with Gasteiger partial charge in [0.25, 0.3) is 0 Å². The summed E-state index contributed by atoms with van der Waals surface area (Å²) in [7, 11) is 1.58. The van der Waals surface area contributed by atoms with Gasteiger partial charge < -0.3 is 10.5 Å². The Hall–Kier alpha value is -2.17. The lowest BCUT2D eigenvalue weighted by molar-refractivity contribution is -0.125. The minimum atomic E-state index is -0.453. The second-order valence-corrected chi connectivity index (χ2v) is 5.25. The van der Waals surface area contributed by atoms with Crippen LogP contribution in [-0.4, -0.2) is 30.6 Å². The highest BCUT2D eigenvalue weighted by Gasteiger charge is 2.24. The van der Waals surface area contributed by atoms with E-state index in [0.717, 1.165) is 11.1 Å². The maximum absolute atomic E-state index is 11.8. The van der Waals surface area contributed by atoms with E-state index < -0.39 is 6.04 Å². The first-order valence-electron chi connectivity index (χ1n) is 7.31. The van der Waals surface area contributed by atoms with Crippen LogP contribution in [0.2, 0.25) is 0 Å². The molecule has 0 aliphatic carbocycles. The van der Waals surface area contributed by atoms with Crippen molar-refractivity contribution in [3.05, 3.63) is 71.8 Å². The van der Waals surface area contributed by atoms with Crippen LogP contribution in [0.5, 0.6) is 0 Å².